The summed E-state index contributed by atoms with van der Waals surface area (Å²) in [5.74, 6) is -3.83. The van der Waals surface area contributed by atoms with Gasteiger partial charge in [-0.2, -0.15) is 18.2 Å². The molecule has 5 atom stereocenters. The molecular formula is C25H22Cl4F3N3O. The third-order valence-corrected chi connectivity index (χ3v) is 7.83. The van der Waals surface area contributed by atoms with Crippen molar-refractivity contribution in [3.63, 3.8) is 0 Å². The molecule has 2 aromatic carbocycles. The smallest absolute Gasteiger partial charge is 0.352 e. The maximum atomic E-state index is 14.1. The van der Waals surface area contributed by atoms with Crippen LogP contribution in [0.25, 0.3) is 0 Å². The Balaban J connectivity index is 1.71. The van der Waals surface area contributed by atoms with Crippen molar-refractivity contribution < 1.29 is 18.0 Å². The number of hydrogen-bond acceptors (Lipinski definition) is 1. The summed E-state index contributed by atoms with van der Waals surface area (Å²) in [4.78, 5) is 17.2. The summed E-state index contributed by atoms with van der Waals surface area (Å²) < 4.78 is 42.2. The van der Waals surface area contributed by atoms with Gasteiger partial charge >= 0.3 is 6.18 Å². The zero-order valence-electron chi connectivity index (χ0n) is 18.9. The summed E-state index contributed by atoms with van der Waals surface area (Å²) in [6, 6.07) is 8.36. The van der Waals surface area contributed by atoms with Gasteiger partial charge in [0.15, 0.2) is 0 Å². The van der Waals surface area contributed by atoms with E-state index >= 15 is 0 Å². The van der Waals surface area contributed by atoms with E-state index in [1.165, 1.54) is 24.3 Å². The molecule has 0 spiro atoms. The molecule has 2 N–H and O–H groups in total. The molecular weight excluding hydrogens is 557 g/mol. The van der Waals surface area contributed by atoms with E-state index in [1.807, 2.05) is 6.08 Å². The highest BCUT2D eigenvalue weighted by Gasteiger charge is 2.53. The van der Waals surface area contributed by atoms with Crippen molar-refractivity contribution in [2.45, 2.75) is 32.0 Å². The number of nitrogens with zero attached hydrogens (tertiary/aromatic N) is 1. The average molecular weight is 579 g/mol. The number of anilines is 1. The molecule has 2 bridgehead atoms. The molecule has 0 aliphatic heterocycles. The SMILES string of the molecule is CC1C(N/C(=N\C(=O)c2ccc(Cl)cc2Cl)Nc2ccc(Cl)cc2Cl)C2C=CC(CC2)C1C(F)(F)F. The molecule has 1 saturated carbocycles. The lowest BCUT2D eigenvalue weighted by Crippen LogP contribution is -2.49. The summed E-state index contributed by atoms with van der Waals surface area (Å²) in [5.41, 5.74) is 0.461. The number of alkyl halides is 3. The zero-order chi connectivity index (χ0) is 26.2. The van der Waals surface area contributed by atoms with Crippen molar-refractivity contribution in [3.05, 3.63) is 74.2 Å². The number of allylic oxidation sites excluding steroid dienone is 1. The van der Waals surface area contributed by atoms with E-state index in [9.17, 15) is 18.0 Å². The Hall–Kier alpha value is -1.93. The van der Waals surface area contributed by atoms with E-state index in [1.54, 1.807) is 25.1 Å². The molecule has 1 fully saturated rings. The van der Waals surface area contributed by atoms with Crippen LogP contribution < -0.4 is 10.6 Å². The van der Waals surface area contributed by atoms with Crippen molar-refractivity contribution in [1.29, 1.82) is 0 Å². The molecule has 192 valence electrons. The third-order valence-electron chi connectivity index (χ3n) is 6.73. The minimum Gasteiger partial charge on any atom is -0.352 e. The first-order valence-corrected chi connectivity index (χ1v) is 12.8. The molecule has 0 saturated heterocycles. The Labute approximate surface area is 226 Å². The van der Waals surface area contributed by atoms with Crippen LogP contribution >= 0.6 is 46.4 Å². The summed E-state index contributed by atoms with van der Waals surface area (Å²) >= 11 is 24.4. The van der Waals surface area contributed by atoms with Crippen LogP contribution in [-0.4, -0.2) is 24.1 Å². The fourth-order valence-electron chi connectivity index (χ4n) is 5.04. The second-order valence-corrected chi connectivity index (χ2v) is 10.7. The van der Waals surface area contributed by atoms with Crippen LogP contribution in [0.15, 0.2) is 53.5 Å². The topological polar surface area (TPSA) is 53.5 Å². The lowest BCUT2D eigenvalue weighted by atomic mass is 9.80. The van der Waals surface area contributed by atoms with Crippen LogP contribution in [0.4, 0.5) is 18.9 Å². The monoisotopic (exact) mass is 577 g/mol. The Bertz CT molecular complexity index is 1220. The minimum atomic E-state index is -4.37. The van der Waals surface area contributed by atoms with Crippen LogP contribution in [0.3, 0.4) is 0 Å². The Morgan fingerprint density at radius 3 is 2.14 bits per heavy atom. The zero-order valence-corrected chi connectivity index (χ0v) is 21.9. The number of rotatable bonds is 3. The molecule has 5 rings (SSSR count). The first-order chi connectivity index (χ1) is 16.9. The van der Waals surface area contributed by atoms with Gasteiger partial charge in [-0.05, 0) is 67.0 Å². The van der Waals surface area contributed by atoms with Gasteiger partial charge in [-0.25, -0.2) is 0 Å². The van der Waals surface area contributed by atoms with Gasteiger partial charge in [-0.1, -0.05) is 65.5 Å². The number of guanidine groups is 1. The number of benzene rings is 2. The normalized spacial score (nSPS) is 26.0. The van der Waals surface area contributed by atoms with Crippen molar-refractivity contribution in [2.75, 3.05) is 5.32 Å². The fraction of sp³-hybridized carbons (Fsp3) is 0.360. The Kier molecular flexibility index (Phi) is 8.15. The van der Waals surface area contributed by atoms with Crippen LogP contribution in [0.1, 0.15) is 30.1 Å². The molecule has 36 heavy (non-hydrogen) atoms. The van der Waals surface area contributed by atoms with Crippen LogP contribution in [-0.2, 0) is 0 Å². The average Bonchev–Trinajstić information content (AvgIpc) is 2.99. The second kappa shape index (κ2) is 10.8. The standard InChI is InChI=1S/C25H22Cl4F3N3O/c1-12-21(25(30,31)32)13-2-4-14(5-3-13)22(12)34-24(33-20-9-7-16(27)11-19(20)29)35-23(36)17-8-6-15(26)10-18(17)28/h2,4,6-14,21-22H,3,5H2,1H3,(H2,33,34,35,36). The van der Waals surface area contributed by atoms with Gasteiger partial charge in [0.2, 0.25) is 5.96 Å². The number of nitrogens with one attached hydrogen (secondary N) is 2. The first kappa shape index (κ1) is 27.1. The number of fused-ring (bicyclic) bond motifs is 3. The van der Waals surface area contributed by atoms with Crippen molar-refractivity contribution >= 4 is 64.0 Å². The number of carbonyl (C=O) groups is 1. The molecule has 3 aliphatic carbocycles. The highest BCUT2D eigenvalue weighted by atomic mass is 35.5. The molecule has 0 radical (unpaired) electrons. The van der Waals surface area contributed by atoms with E-state index in [4.69, 9.17) is 46.4 Å². The third kappa shape index (κ3) is 5.96. The van der Waals surface area contributed by atoms with Crippen molar-refractivity contribution in [1.82, 2.24) is 5.32 Å². The molecule has 11 heteroatoms. The van der Waals surface area contributed by atoms with Gasteiger partial charge in [0.05, 0.1) is 27.2 Å². The van der Waals surface area contributed by atoms with Gasteiger partial charge in [0.25, 0.3) is 5.91 Å². The predicted octanol–water partition coefficient (Wildman–Crippen LogP) is 8.28. The van der Waals surface area contributed by atoms with Crippen LogP contribution in [0, 0.1) is 23.7 Å². The van der Waals surface area contributed by atoms with Gasteiger partial charge in [0, 0.05) is 16.1 Å². The Morgan fingerprint density at radius 1 is 0.944 bits per heavy atom. The van der Waals surface area contributed by atoms with E-state index < -0.39 is 35.9 Å². The van der Waals surface area contributed by atoms with Crippen LogP contribution in [0.2, 0.25) is 20.1 Å². The second-order valence-electron chi connectivity index (χ2n) is 9.03. The summed E-state index contributed by atoms with van der Waals surface area (Å²) in [6.45, 7) is 1.58. The first-order valence-electron chi connectivity index (χ1n) is 11.3. The van der Waals surface area contributed by atoms with E-state index in [0.29, 0.717) is 28.6 Å². The summed E-state index contributed by atoms with van der Waals surface area (Å²) in [6.07, 6.45) is 0.157. The van der Waals surface area contributed by atoms with E-state index in [0.717, 1.165) is 0 Å². The van der Waals surface area contributed by atoms with Crippen molar-refractivity contribution in [2.24, 2.45) is 28.7 Å². The number of halogens is 7. The van der Waals surface area contributed by atoms with Gasteiger partial charge in [-0.15, -0.1) is 0 Å². The lowest BCUT2D eigenvalue weighted by Gasteiger charge is -2.34. The summed E-state index contributed by atoms with van der Waals surface area (Å²) in [5, 5.41) is 7.15. The van der Waals surface area contributed by atoms with Crippen molar-refractivity contribution in [3.8, 4) is 0 Å². The number of carbonyl (C=O) groups excluding carboxylic acids is 1. The summed E-state index contributed by atoms with van der Waals surface area (Å²) in [7, 11) is 0. The largest absolute Gasteiger partial charge is 0.392 e. The number of hydrogen-bond donors (Lipinski definition) is 2. The van der Waals surface area contributed by atoms with E-state index in [2.05, 4.69) is 15.6 Å². The van der Waals surface area contributed by atoms with E-state index in [-0.39, 0.29) is 27.5 Å². The minimum absolute atomic E-state index is 0.0493. The van der Waals surface area contributed by atoms with Gasteiger partial charge < -0.3 is 10.6 Å². The molecule has 0 heterocycles. The highest BCUT2D eigenvalue weighted by molar-refractivity contribution is 6.37. The molecule has 3 aliphatic rings. The molecule has 2 aromatic rings. The van der Waals surface area contributed by atoms with Crippen LogP contribution in [0.5, 0.6) is 0 Å². The number of amides is 1. The maximum Gasteiger partial charge on any atom is 0.392 e. The highest BCUT2D eigenvalue weighted by Crippen LogP contribution is 2.48. The maximum absolute atomic E-state index is 14.1. The Morgan fingerprint density at radius 2 is 1.56 bits per heavy atom. The molecule has 5 unspecified atom stereocenters. The molecule has 0 aromatic heterocycles. The fourth-order valence-corrected chi connectivity index (χ4v) is 5.99. The van der Waals surface area contributed by atoms with Gasteiger partial charge in [0.1, 0.15) is 0 Å². The molecule has 1 amide bonds. The van der Waals surface area contributed by atoms with Gasteiger partial charge in [-0.3, -0.25) is 4.79 Å². The lowest BCUT2D eigenvalue weighted by molar-refractivity contribution is -0.198. The predicted molar refractivity (Wildman–Crippen MR) is 139 cm³/mol. The quantitative estimate of drug-likeness (QED) is 0.219. The molecule has 4 nitrogen and oxygen atoms in total. The number of aliphatic imine (C=N–C) groups is 1.